The molecule has 0 aliphatic carbocycles. The maximum Gasteiger partial charge on any atom is 0.127 e. The average molecular weight is 253 g/mol. The van der Waals surface area contributed by atoms with Crippen LogP contribution >= 0.6 is 11.8 Å². The van der Waals surface area contributed by atoms with Gasteiger partial charge in [0.2, 0.25) is 0 Å². The van der Waals surface area contributed by atoms with Crippen LogP contribution in [0.5, 0.6) is 0 Å². The van der Waals surface area contributed by atoms with Crippen molar-refractivity contribution in [3.8, 4) is 0 Å². The maximum atomic E-state index is 13.8. The van der Waals surface area contributed by atoms with E-state index in [0.29, 0.717) is 0 Å². The van der Waals surface area contributed by atoms with Crippen molar-refractivity contribution in [2.75, 3.05) is 6.54 Å². The predicted molar refractivity (Wildman–Crippen MR) is 72.8 cm³/mol. The summed E-state index contributed by atoms with van der Waals surface area (Å²) in [5.41, 5.74) is 2.02. The van der Waals surface area contributed by atoms with Gasteiger partial charge in [0.15, 0.2) is 0 Å². The Hall–Kier alpha value is -0.540. The summed E-state index contributed by atoms with van der Waals surface area (Å²) in [5, 5.41) is 3.56. The van der Waals surface area contributed by atoms with Crippen LogP contribution in [0, 0.1) is 5.82 Å². The zero-order valence-electron chi connectivity index (χ0n) is 10.7. The summed E-state index contributed by atoms with van der Waals surface area (Å²) < 4.78 is 13.9. The van der Waals surface area contributed by atoms with Crippen molar-refractivity contribution in [2.45, 2.75) is 43.7 Å². The first kappa shape index (κ1) is 12.9. The third-order valence-corrected chi connectivity index (χ3v) is 4.76. The van der Waals surface area contributed by atoms with Crippen molar-refractivity contribution in [3.05, 3.63) is 35.1 Å². The van der Waals surface area contributed by atoms with Crippen molar-refractivity contribution in [1.29, 1.82) is 0 Å². The zero-order valence-corrected chi connectivity index (χ0v) is 11.5. The molecule has 2 rings (SSSR count). The first-order valence-electron chi connectivity index (χ1n) is 6.21. The summed E-state index contributed by atoms with van der Waals surface area (Å²) in [6.45, 7) is 7.60. The first-order valence-corrected chi connectivity index (χ1v) is 7.19. The number of rotatable bonds is 3. The van der Waals surface area contributed by atoms with Crippen LogP contribution in [0.2, 0.25) is 0 Å². The molecule has 0 saturated carbocycles. The maximum absolute atomic E-state index is 13.8. The number of fused-ring (bicyclic) bond motifs is 1. The van der Waals surface area contributed by atoms with Crippen LogP contribution in [0.1, 0.15) is 44.4 Å². The zero-order chi connectivity index (χ0) is 12.5. The van der Waals surface area contributed by atoms with E-state index in [4.69, 9.17) is 0 Å². The van der Waals surface area contributed by atoms with Crippen molar-refractivity contribution in [1.82, 2.24) is 5.32 Å². The van der Waals surface area contributed by atoms with E-state index < -0.39 is 0 Å². The molecule has 0 fully saturated rings. The van der Waals surface area contributed by atoms with Gasteiger partial charge < -0.3 is 5.32 Å². The van der Waals surface area contributed by atoms with Crippen LogP contribution in [-0.4, -0.2) is 11.3 Å². The van der Waals surface area contributed by atoms with Crippen LogP contribution in [0.3, 0.4) is 0 Å². The lowest BCUT2D eigenvalue weighted by Crippen LogP contribution is -2.40. The number of benzene rings is 1. The van der Waals surface area contributed by atoms with E-state index in [2.05, 4.69) is 32.2 Å². The highest BCUT2D eigenvalue weighted by molar-refractivity contribution is 8.00. The molecule has 3 heteroatoms. The minimum Gasteiger partial charge on any atom is -0.309 e. The van der Waals surface area contributed by atoms with Crippen molar-refractivity contribution >= 4 is 11.8 Å². The fourth-order valence-electron chi connectivity index (χ4n) is 2.36. The molecule has 1 aliphatic heterocycles. The summed E-state index contributed by atoms with van der Waals surface area (Å²) in [4.78, 5) is 0. The van der Waals surface area contributed by atoms with E-state index in [-0.39, 0.29) is 16.6 Å². The van der Waals surface area contributed by atoms with Crippen molar-refractivity contribution in [2.24, 2.45) is 0 Å². The van der Waals surface area contributed by atoms with E-state index in [1.54, 1.807) is 6.07 Å². The molecule has 0 bridgehead atoms. The SMILES string of the molecule is CCCNC1c2cccc(F)c2CSC1(C)C. The predicted octanol–water partition coefficient (Wildman–Crippen LogP) is 3.89. The van der Waals surface area contributed by atoms with Gasteiger partial charge in [-0.05, 0) is 38.4 Å². The number of hydrogen-bond acceptors (Lipinski definition) is 2. The average Bonchev–Trinajstić information content (AvgIpc) is 2.27. The van der Waals surface area contributed by atoms with Crippen LogP contribution in [0.4, 0.5) is 4.39 Å². The molecule has 94 valence electrons. The third-order valence-electron chi connectivity index (χ3n) is 3.35. The summed E-state index contributed by atoms with van der Waals surface area (Å²) in [7, 11) is 0. The molecular formula is C14H20FNS. The fraction of sp³-hybridized carbons (Fsp3) is 0.571. The van der Waals surface area contributed by atoms with E-state index in [1.165, 1.54) is 0 Å². The number of nitrogens with one attached hydrogen (secondary N) is 1. The molecule has 0 aromatic heterocycles. The van der Waals surface area contributed by atoms with Crippen LogP contribution in [0.15, 0.2) is 18.2 Å². The Morgan fingerprint density at radius 2 is 2.24 bits per heavy atom. The Balaban J connectivity index is 2.37. The summed E-state index contributed by atoms with van der Waals surface area (Å²) >= 11 is 1.83. The smallest absolute Gasteiger partial charge is 0.127 e. The molecule has 1 aromatic rings. The molecule has 1 atom stereocenters. The van der Waals surface area contributed by atoms with E-state index in [1.807, 2.05) is 17.8 Å². The second-order valence-electron chi connectivity index (χ2n) is 5.09. The highest BCUT2D eigenvalue weighted by atomic mass is 32.2. The molecule has 0 amide bonds. The lowest BCUT2D eigenvalue weighted by atomic mass is 9.91. The highest BCUT2D eigenvalue weighted by Gasteiger charge is 2.36. The van der Waals surface area contributed by atoms with Crippen LogP contribution < -0.4 is 5.32 Å². The highest BCUT2D eigenvalue weighted by Crippen LogP contribution is 2.46. The monoisotopic (exact) mass is 253 g/mol. The molecule has 17 heavy (non-hydrogen) atoms. The summed E-state index contributed by atoms with van der Waals surface area (Å²) in [6.07, 6.45) is 1.10. The Morgan fingerprint density at radius 3 is 2.94 bits per heavy atom. The van der Waals surface area contributed by atoms with Gasteiger partial charge in [0, 0.05) is 22.1 Å². The second kappa shape index (κ2) is 4.99. The van der Waals surface area contributed by atoms with E-state index in [0.717, 1.165) is 29.8 Å². The molecule has 0 spiro atoms. The van der Waals surface area contributed by atoms with Gasteiger partial charge in [0.25, 0.3) is 0 Å². The molecule has 1 unspecified atom stereocenters. The van der Waals surface area contributed by atoms with E-state index >= 15 is 0 Å². The lowest BCUT2D eigenvalue weighted by Gasteiger charge is -2.40. The van der Waals surface area contributed by atoms with Gasteiger partial charge in [-0.15, -0.1) is 11.8 Å². The second-order valence-corrected chi connectivity index (χ2v) is 6.72. The van der Waals surface area contributed by atoms with Gasteiger partial charge in [0.1, 0.15) is 5.82 Å². The first-order chi connectivity index (χ1) is 8.06. The number of halogens is 1. The Bertz CT molecular complexity index is 403. The summed E-state index contributed by atoms with van der Waals surface area (Å²) in [6, 6.07) is 5.69. The quantitative estimate of drug-likeness (QED) is 0.877. The molecule has 1 heterocycles. The minimum atomic E-state index is -0.0613. The molecule has 0 radical (unpaired) electrons. The van der Waals surface area contributed by atoms with E-state index in [9.17, 15) is 4.39 Å². The van der Waals surface area contributed by atoms with Crippen LogP contribution in [0.25, 0.3) is 0 Å². The van der Waals surface area contributed by atoms with Crippen LogP contribution in [-0.2, 0) is 5.75 Å². The molecule has 1 nitrogen and oxygen atoms in total. The molecule has 1 N–H and O–H groups in total. The summed E-state index contributed by atoms with van der Waals surface area (Å²) in [5.74, 6) is 0.716. The fourth-order valence-corrected chi connectivity index (χ4v) is 3.56. The Labute approximate surface area is 107 Å². The van der Waals surface area contributed by atoms with Crippen molar-refractivity contribution < 1.29 is 4.39 Å². The number of thioether (sulfide) groups is 1. The minimum absolute atomic E-state index is 0.0613. The van der Waals surface area contributed by atoms with Gasteiger partial charge >= 0.3 is 0 Å². The molecule has 1 aliphatic rings. The third kappa shape index (κ3) is 2.50. The van der Waals surface area contributed by atoms with Gasteiger partial charge in [0.05, 0.1) is 0 Å². The standard InChI is InChI=1S/C14H20FNS/c1-4-8-16-13-10-6-5-7-12(15)11(10)9-17-14(13,2)3/h5-7,13,16H,4,8-9H2,1-3H3. The molecule has 1 aromatic carbocycles. The van der Waals surface area contributed by atoms with Crippen molar-refractivity contribution in [3.63, 3.8) is 0 Å². The Kier molecular flexibility index (Phi) is 3.79. The van der Waals surface area contributed by atoms with Gasteiger partial charge in [-0.3, -0.25) is 0 Å². The normalized spacial score (nSPS) is 22.2. The topological polar surface area (TPSA) is 12.0 Å². The largest absolute Gasteiger partial charge is 0.309 e. The number of hydrogen-bond donors (Lipinski definition) is 1. The van der Waals surface area contributed by atoms with Gasteiger partial charge in [-0.2, -0.15) is 0 Å². The molecule has 0 saturated heterocycles. The lowest BCUT2D eigenvalue weighted by molar-refractivity contribution is 0.435. The Morgan fingerprint density at radius 1 is 1.47 bits per heavy atom. The van der Waals surface area contributed by atoms with Gasteiger partial charge in [-0.25, -0.2) is 4.39 Å². The van der Waals surface area contributed by atoms with Gasteiger partial charge in [-0.1, -0.05) is 19.1 Å². The molecular weight excluding hydrogens is 233 g/mol.